The first-order chi connectivity index (χ1) is 29.6. The molecule has 3 atom stereocenters. The van der Waals surface area contributed by atoms with Crippen molar-refractivity contribution in [3.63, 3.8) is 0 Å². The lowest BCUT2D eigenvalue weighted by molar-refractivity contribution is -0.161. The fraction of sp³-hybridized carbons (Fsp3) is 0.735. The maximum Gasteiger partial charge on any atom is 0.472 e. The van der Waals surface area contributed by atoms with Gasteiger partial charge in [0.2, 0.25) is 0 Å². The Bertz CT molecular complexity index is 1260. The molecule has 0 aromatic rings. The highest BCUT2D eigenvalue weighted by molar-refractivity contribution is 7.47. The van der Waals surface area contributed by atoms with E-state index in [2.05, 4.69) is 67.0 Å². The Labute approximate surface area is 370 Å². The van der Waals surface area contributed by atoms with Crippen LogP contribution in [0.4, 0.5) is 0 Å². The predicted molar refractivity (Wildman–Crippen MR) is 249 cm³/mol. The van der Waals surface area contributed by atoms with Crippen LogP contribution in [-0.2, 0) is 37.5 Å². The minimum absolute atomic E-state index is 0.0823. The summed E-state index contributed by atoms with van der Waals surface area (Å²) in [5, 5.41) is 8.90. The zero-order valence-electron chi connectivity index (χ0n) is 38.2. The number of unbranched alkanes of at least 4 members (excludes halogenated alkanes) is 20. The minimum atomic E-state index is -4.74. The molecule has 0 heterocycles. The van der Waals surface area contributed by atoms with Crippen molar-refractivity contribution in [2.75, 3.05) is 19.8 Å². The Hall–Kier alpha value is -2.82. The van der Waals surface area contributed by atoms with Crippen LogP contribution < -0.4 is 5.73 Å². The maximum atomic E-state index is 12.6. The van der Waals surface area contributed by atoms with E-state index in [1.807, 2.05) is 12.2 Å². The number of carboxylic acids is 1. The first-order valence-electron chi connectivity index (χ1n) is 23.8. The van der Waals surface area contributed by atoms with Crippen LogP contribution >= 0.6 is 7.82 Å². The normalized spacial score (nSPS) is 14.2. The zero-order valence-corrected chi connectivity index (χ0v) is 39.1. The van der Waals surface area contributed by atoms with Crippen molar-refractivity contribution in [2.24, 2.45) is 5.73 Å². The number of nitrogens with two attached hydrogens (primary N) is 1. The van der Waals surface area contributed by atoms with E-state index >= 15 is 0 Å². The van der Waals surface area contributed by atoms with Gasteiger partial charge in [0.05, 0.1) is 13.2 Å². The molecule has 0 bridgehead atoms. The number of phosphoric ester groups is 1. The van der Waals surface area contributed by atoms with Gasteiger partial charge in [-0.15, -0.1) is 0 Å². The summed E-state index contributed by atoms with van der Waals surface area (Å²) < 4.78 is 32.7. The summed E-state index contributed by atoms with van der Waals surface area (Å²) in [5.74, 6) is -2.45. The zero-order chi connectivity index (χ0) is 44.9. The molecule has 0 aromatic carbocycles. The van der Waals surface area contributed by atoms with E-state index < -0.39 is 51.1 Å². The molecule has 0 fully saturated rings. The van der Waals surface area contributed by atoms with Crippen LogP contribution in [-0.4, -0.2) is 59.9 Å². The van der Waals surface area contributed by atoms with Gasteiger partial charge in [-0.25, -0.2) is 4.57 Å². The number of aliphatic carboxylic acids is 1. The van der Waals surface area contributed by atoms with Crippen molar-refractivity contribution in [2.45, 2.75) is 212 Å². The molecule has 0 saturated heterocycles. The molecule has 0 amide bonds. The number of carbonyl (C=O) groups excluding carboxylic acids is 2. The smallest absolute Gasteiger partial charge is 0.472 e. The molecule has 0 aliphatic heterocycles. The lowest BCUT2D eigenvalue weighted by atomic mass is 10.0. The van der Waals surface area contributed by atoms with Gasteiger partial charge >= 0.3 is 25.7 Å². The Morgan fingerprint density at radius 2 is 0.918 bits per heavy atom. The molecule has 11 nitrogen and oxygen atoms in total. The molecule has 1 unspecified atom stereocenters. The number of hydrogen-bond acceptors (Lipinski definition) is 9. The van der Waals surface area contributed by atoms with E-state index in [0.29, 0.717) is 19.3 Å². The molecule has 12 heteroatoms. The van der Waals surface area contributed by atoms with Crippen LogP contribution in [0.2, 0.25) is 0 Å². The van der Waals surface area contributed by atoms with Gasteiger partial charge in [0.25, 0.3) is 0 Å². The first kappa shape index (κ1) is 58.2. The Morgan fingerprint density at radius 3 is 1.36 bits per heavy atom. The van der Waals surface area contributed by atoms with Crippen LogP contribution in [0.1, 0.15) is 200 Å². The summed E-state index contributed by atoms with van der Waals surface area (Å²) in [4.78, 5) is 46.0. The molecule has 0 aliphatic rings. The summed E-state index contributed by atoms with van der Waals surface area (Å²) in [7, 11) is -4.74. The summed E-state index contributed by atoms with van der Waals surface area (Å²) in [5.41, 5.74) is 5.34. The number of hydrogen-bond donors (Lipinski definition) is 3. The molecule has 0 aliphatic carbocycles. The molecule has 0 radical (unpaired) electrons. The number of ether oxygens (including phenoxy) is 2. The van der Waals surface area contributed by atoms with Gasteiger partial charge in [-0.3, -0.25) is 23.4 Å². The first-order valence-corrected chi connectivity index (χ1v) is 25.3. The van der Waals surface area contributed by atoms with Gasteiger partial charge in [-0.05, 0) is 51.4 Å². The molecular weight excluding hydrogens is 794 g/mol. The Balaban J connectivity index is 4.35. The predicted octanol–water partition coefficient (Wildman–Crippen LogP) is 13.1. The molecule has 352 valence electrons. The second-order valence-electron chi connectivity index (χ2n) is 15.9. The molecule has 4 N–H and O–H groups in total. The lowest BCUT2D eigenvalue weighted by Crippen LogP contribution is -2.34. The van der Waals surface area contributed by atoms with Crippen LogP contribution in [0, 0.1) is 0 Å². The second kappa shape index (κ2) is 43.8. The van der Waals surface area contributed by atoms with Crippen LogP contribution in [0.15, 0.2) is 60.8 Å². The Kier molecular flexibility index (Phi) is 41.8. The fourth-order valence-corrected chi connectivity index (χ4v) is 7.11. The SMILES string of the molecule is CC/C=C/C/C=C/C/C=C/C/C=C/C/C=C/CCCC(=O)O[C@H](COC(=O)CCCCCCCCCCCCCCCCCCCCCC)COP(=O)(O)OC[C@H](N)C(=O)O. The summed E-state index contributed by atoms with van der Waals surface area (Å²) in [6.07, 6.45) is 51.5. The lowest BCUT2D eigenvalue weighted by Gasteiger charge is -2.20. The topological polar surface area (TPSA) is 172 Å². The second-order valence-corrected chi connectivity index (χ2v) is 17.3. The molecule has 0 aromatic heterocycles. The third-order valence-corrected chi connectivity index (χ3v) is 11.0. The standard InChI is InChI=1S/C49H86NO10P/c1-3-5-7-9-11-13-15-17-19-21-22-23-25-26-28-30-32-34-36-38-40-47(51)57-42-45(43-58-61(55,56)59-44-46(50)49(53)54)60-48(52)41-39-37-35-33-31-29-27-24-20-18-16-14-12-10-8-6-4-2/h6,8,12,14,18,20,27,29,33,35,45-46H,3-5,7,9-11,13,15-17,19,21-26,28,30-32,34,36-44,50H2,1-2H3,(H,53,54)(H,55,56)/b8-6+,14-12+,20-18+,29-27+,35-33+/t45-,46+/m1/s1. The van der Waals surface area contributed by atoms with Gasteiger partial charge in [-0.2, -0.15) is 0 Å². The molecule has 61 heavy (non-hydrogen) atoms. The van der Waals surface area contributed by atoms with E-state index in [0.717, 1.165) is 51.4 Å². The number of allylic oxidation sites excluding steroid dienone is 10. The highest BCUT2D eigenvalue weighted by Crippen LogP contribution is 2.43. The maximum absolute atomic E-state index is 12.6. The monoisotopic (exact) mass is 880 g/mol. The summed E-state index contributed by atoms with van der Waals surface area (Å²) in [6, 6.07) is -1.53. The minimum Gasteiger partial charge on any atom is -0.480 e. The third-order valence-electron chi connectivity index (χ3n) is 10.0. The van der Waals surface area contributed by atoms with Crippen molar-refractivity contribution in [1.29, 1.82) is 0 Å². The number of carbonyl (C=O) groups is 3. The van der Waals surface area contributed by atoms with E-state index in [1.165, 1.54) is 103 Å². The van der Waals surface area contributed by atoms with Gasteiger partial charge in [0, 0.05) is 12.8 Å². The quantitative estimate of drug-likeness (QED) is 0.0230. The van der Waals surface area contributed by atoms with Crippen LogP contribution in [0.25, 0.3) is 0 Å². The van der Waals surface area contributed by atoms with Crippen molar-refractivity contribution in [3.8, 4) is 0 Å². The number of esters is 2. The van der Waals surface area contributed by atoms with Gasteiger partial charge < -0.3 is 25.2 Å². The number of phosphoric acid groups is 1. The average molecular weight is 880 g/mol. The molecule has 0 rings (SSSR count). The molecule has 0 saturated carbocycles. The van der Waals surface area contributed by atoms with Gasteiger partial charge in [0.1, 0.15) is 12.6 Å². The van der Waals surface area contributed by atoms with Crippen molar-refractivity contribution >= 4 is 25.7 Å². The Morgan fingerprint density at radius 1 is 0.525 bits per heavy atom. The van der Waals surface area contributed by atoms with Crippen LogP contribution in [0.5, 0.6) is 0 Å². The summed E-state index contributed by atoms with van der Waals surface area (Å²) in [6.45, 7) is 2.65. The number of rotatable bonds is 44. The average Bonchev–Trinajstić information content (AvgIpc) is 3.24. The largest absolute Gasteiger partial charge is 0.480 e. The highest BCUT2D eigenvalue weighted by Gasteiger charge is 2.28. The van der Waals surface area contributed by atoms with Crippen LogP contribution in [0.3, 0.4) is 0 Å². The van der Waals surface area contributed by atoms with E-state index in [4.69, 9.17) is 24.8 Å². The van der Waals surface area contributed by atoms with E-state index in [-0.39, 0.29) is 19.4 Å². The van der Waals surface area contributed by atoms with Crippen molar-refractivity contribution in [3.05, 3.63) is 60.8 Å². The fourth-order valence-electron chi connectivity index (χ4n) is 6.34. The molecular formula is C49H86NO10P. The summed E-state index contributed by atoms with van der Waals surface area (Å²) >= 11 is 0. The van der Waals surface area contributed by atoms with Crippen molar-refractivity contribution < 1.29 is 47.5 Å². The molecule has 0 spiro atoms. The van der Waals surface area contributed by atoms with Gasteiger partial charge in [0.15, 0.2) is 6.10 Å². The third kappa shape index (κ3) is 43.6. The van der Waals surface area contributed by atoms with Crippen molar-refractivity contribution in [1.82, 2.24) is 0 Å². The van der Waals surface area contributed by atoms with Gasteiger partial charge in [-0.1, -0.05) is 197 Å². The van der Waals surface area contributed by atoms with E-state index in [1.54, 1.807) is 0 Å². The highest BCUT2D eigenvalue weighted by atomic mass is 31.2. The number of carboxylic acid groups (broad SMARTS) is 1. The van der Waals surface area contributed by atoms with E-state index in [9.17, 15) is 23.8 Å².